The molecule has 158 valence electrons. The Morgan fingerprint density at radius 3 is 1.04 bits per heavy atom. The minimum Gasteiger partial charge on any atom is -0.854 e. The molecule has 0 saturated carbocycles. The van der Waals surface area contributed by atoms with Gasteiger partial charge in [-0.25, -0.2) is 0 Å². The topological polar surface area (TPSA) is 83.0 Å². The van der Waals surface area contributed by atoms with E-state index in [1.807, 2.05) is 0 Å². The van der Waals surface area contributed by atoms with Crippen LogP contribution in [-0.2, 0) is 18.9 Å². The zero-order valence-corrected chi connectivity index (χ0v) is 22.6. The first-order valence-corrected chi connectivity index (χ1v) is 10.4. The van der Waals surface area contributed by atoms with Crippen LogP contribution < -0.4 is 69.3 Å². The summed E-state index contributed by atoms with van der Waals surface area (Å²) in [5, 5.41) is 20.4. The van der Waals surface area contributed by atoms with Crippen molar-refractivity contribution in [3.63, 3.8) is 0 Å². The Balaban J connectivity index is -0.00000312. The van der Waals surface area contributed by atoms with Crippen LogP contribution in [0.2, 0.25) is 0 Å². The molecule has 0 spiro atoms. The van der Waals surface area contributed by atoms with Crippen LogP contribution in [0.3, 0.4) is 0 Å². The maximum atomic E-state index is 10.3. The molecule has 0 rings (SSSR count). The van der Waals surface area contributed by atoms with Gasteiger partial charge in [0.1, 0.15) is 0 Å². The van der Waals surface area contributed by atoms with Gasteiger partial charge in [0.05, 0.1) is 39.6 Å². The molecule has 0 bridgehead atoms. The fourth-order valence-electron chi connectivity index (χ4n) is 2.54. The molecule has 6 nitrogen and oxygen atoms in total. The monoisotopic (exact) mass is 422 g/mol. The van der Waals surface area contributed by atoms with E-state index in [9.17, 15) is 10.2 Å². The normalized spacial score (nSPS) is 10.5. The molecular formula is C20H40Na2O6. The molecule has 0 aliphatic rings. The van der Waals surface area contributed by atoms with Gasteiger partial charge in [0.25, 0.3) is 0 Å². The fourth-order valence-corrected chi connectivity index (χ4v) is 2.54. The second kappa shape index (κ2) is 33.4. The summed E-state index contributed by atoms with van der Waals surface area (Å²) in [6, 6.07) is 0. The summed E-state index contributed by atoms with van der Waals surface area (Å²) in [6.07, 6.45) is 12.0. The van der Waals surface area contributed by atoms with E-state index in [1.54, 1.807) is 0 Å². The molecule has 0 unspecified atom stereocenters. The summed E-state index contributed by atoms with van der Waals surface area (Å²) in [6.45, 7) is 4.25. The molecule has 0 aliphatic carbocycles. The van der Waals surface area contributed by atoms with Gasteiger partial charge < -0.3 is 29.2 Å². The van der Waals surface area contributed by atoms with Crippen molar-refractivity contribution in [3.8, 4) is 0 Å². The van der Waals surface area contributed by atoms with Crippen LogP contribution in [0.4, 0.5) is 0 Å². The SMILES string of the molecule is [Na+].[Na+].[O-]CCCCCCCCCCCCOCCOCCOCCOCC[O-]. The smallest absolute Gasteiger partial charge is 0.854 e. The Kier molecular flexibility index (Phi) is 41.0. The average Bonchev–Trinajstić information content (AvgIpc) is 2.66. The van der Waals surface area contributed by atoms with Crippen LogP contribution in [0.5, 0.6) is 0 Å². The van der Waals surface area contributed by atoms with E-state index < -0.39 is 0 Å². The summed E-state index contributed by atoms with van der Waals surface area (Å²) in [7, 11) is 0. The molecular weight excluding hydrogens is 382 g/mol. The quantitative estimate of drug-likeness (QED) is 0.122. The van der Waals surface area contributed by atoms with Crippen molar-refractivity contribution in [1.82, 2.24) is 0 Å². The standard InChI is InChI=1S/C20H40O6.2Na/c21-11-9-7-5-3-1-2-4-6-8-10-13-23-15-17-25-19-20-26-18-16-24-14-12-22;;/h1-20H2;;/q-2;2*+1. The van der Waals surface area contributed by atoms with Crippen LogP contribution in [-0.4, -0.2) is 66.1 Å². The van der Waals surface area contributed by atoms with Gasteiger partial charge in [-0.2, -0.15) is 0 Å². The van der Waals surface area contributed by atoms with Crippen molar-refractivity contribution in [2.45, 2.75) is 64.2 Å². The first kappa shape index (κ1) is 34.4. The van der Waals surface area contributed by atoms with Crippen LogP contribution in [0.25, 0.3) is 0 Å². The zero-order valence-electron chi connectivity index (χ0n) is 18.6. The number of hydrogen-bond acceptors (Lipinski definition) is 6. The van der Waals surface area contributed by atoms with Gasteiger partial charge in [-0.05, 0) is 6.42 Å². The Bertz CT molecular complexity index is 227. The second-order valence-electron chi connectivity index (χ2n) is 6.39. The summed E-state index contributed by atoms with van der Waals surface area (Å²) >= 11 is 0. The van der Waals surface area contributed by atoms with Gasteiger partial charge in [0, 0.05) is 13.2 Å². The van der Waals surface area contributed by atoms with Crippen LogP contribution in [0, 0.1) is 0 Å². The van der Waals surface area contributed by atoms with Crippen molar-refractivity contribution in [3.05, 3.63) is 0 Å². The molecule has 0 aliphatic heterocycles. The predicted molar refractivity (Wildman–Crippen MR) is 99.2 cm³/mol. The number of ether oxygens (including phenoxy) is 4. The van der Waals surface area contributed by atoms with E-state index in [1.165, 1.54) is 44.9 Å². The van der Waals surface area contributed by atoms with Crippen molar-refractivity contribution < 1.29 is 88.3 Å². The van der Waals surface area contributed by atoms with E-state index >= 15 is 0 Å². The van der Waals surface area contributed by atoms with E-state index in [0.29, 0.717) is 39.6 Å². The van der Waals surface area contributed by atoms with Crippen molar-refractivity contribution in [2.24, 2.45) is 0 Å². The minimum absolute atomic E-state index is 0. The molecule has 28 heavy (non-hydrogen) atoms. The van der Waals surface area contributed by atoms with Gasteiger partial charge in [-0.1, -0.05) is 57.8 Å². The van der Waals surface area contributed by atoms with Crippen molar-refractivity contribution in [2.75, 3.05) is 66.1 Å². The largest absolute Gasteiger partial charge is 1.00 e. The van der Waals surface area contributed by atoms with E-state index in [4.69, 9.17) is 18.9 Å². The van der Waals surface area contributed by atoms with Crippen LogP contribution >= 0.6 is 0 Å². The van der Waals surface area contributed by atoms with Gasteiger partial charge in [0.15, 0.2) is 0 Å². The summed E-state index contributed by atoms with van der Waals surface area (Å²) in [5.74, 6) is 0. The minimum atomic E-state index is -0.200. The van der Waals surface area contributed by atoms with Crippen molar-refractivity contribution in [1.29, 1.82) is 0 Å². The van der Waals surface area contributed by atoms with Gasteiger partial charge in [-0.15, -0.1) is 13.2 Å². The summed E-state index contributed by atoms with van der Waals surface area (Å²) in [5.41, 5.74) is 0. The predicted octanol–water partition coefficient (Wildman–Crippen LogP) is -4.32. The molecule has 0 aromatic carbocycles. The van der Waals surface area contributed by atoms with Gasteiger partial charge >= 0.3 is 59.1 Å². The van der Waals surface area contributed by atoms with Gasteiger partial charge in [0.2, 0.25) is 0 Å². The maximum absolute atomic E-state index is 10.3. The molecule has 0 amide bonds. The summed E-state index contributed by atoms with van der Waals surface area (Å²) in [4.78, 5) is 0. The zero-order chi connectivity index (χ0) is 19.0. The Labute approximate surface area is 217 Å². The van der Waals surface area contributed by atoms with E-state index in [0.717, 1.165) is 25.9 Å². The van der Waals surface area contributed by atoms with Crippen LogP contribution in [0.15, 0.2) is 0 Å². The molecule has 0 N–H and O–H groups in total. The number of rotatable bonds is 23. The van der Waals surface area contributed by atoms with E-state index in [2.05, 4.69) is 0 Å². The molecule has 0 fully saturated rings. The third kappa shape index (κ3) is 32.4. The van der Waals surface area contributed by atoms with Gasteiger partial charge in [-0.3, -0.25) is 0 Å². The number of unbranched alkanes of at least 4 members (excludes halogenated alkanes) is 9. The molecule has 0 aromatic rings. The average molecular weight is 423 g/mol. The number of hydrogen-bond donors (Lipinski definition) is 0. The second-order valence-corrected chi connectivity index (χ2v) is 6.39. The first-order chi connectivity index (χ1) is 12.9. The van der Waals surface area contributed by atoms with E-state index in [-0.39, 0.29) is 78.9 Å². The molecule has 0 aromatic heterocycles. The molecule has 0 radical (unpaired) electrons. The molecule has 0 saturated heterocycles. The Morgan fingerprint density at radius 1 is 0.321 bits per heavy atom. The Morgan fingerprint density at radius 2 is 0.643 bits per heavy atom. The summed E-state index contributed by atoms with van der Waals surface area (Å²) < 4.78 is 21.3. The molecule has 0 atom stereocenters. The maximum Gasteiger partial charge on any atom is 1.00 e. The third-order valence-electron chi connectivity index (χ3n) is 4.03. The van der Waals surface area contributed by atoms with Crippen molar-refractivity contribution >= 4 is 0 Å². The molecule has 8 heteroatoms. The molecule has 0 heterocycles. The first-order valence-electron chi connectivity index (χ1n) is 10.4. The Hall–Kier alpha value is 1.76. The fraction of sp³-hybridized carbons (Fsp3) is 1.00. The third-order valence-corrected chi connectivity index (χ3v) is 4.03. The van der Waals surface area contributed by atoms with Crippen LogP contribution in [0.1, 0.15) is 64.2 Å².